The first kappa shape index (κ1) is 10.1. The van der Waals surface area contributed by atoms with Crippen LogP contribution in [-0.4, -0.2) is 22.9 Å². The maximum atomic E-state index is 10.7. The molecule has 76 valence electrons. The van der Waals surface area contributed by atoms with Crippen molar-refractivity contribution in [3.63, 3.8) is 0 Å². The third-order valence-electron chi connectivity index (χ3n) is 1.96. The molecule has 0 bridgehead atoms. The van der Waals surface area contributed by atoms with E-state index in [0.29, 0.717) is 5.75 Å². The number of halogens is 1. The second-order valence-electron chi connectivity index (χ2n) is 2.90. The number of carboxylic acids is 1. The van der Waals surface area contributed by atoms with Crippen LogP contribution in [0.3, 0.4) is 0 Å². The smallest absolute Gasteiger partial charge is 0.321 e. The molecule has 2 N–H and O–H groups in total. The molecule has 2 atom stereocenters. The van der Waals surface area contributed by atoms with Crippen molar-refractivity contribution in [2.45, 2.75) is 11.4 Å². The summed E-state index contributed by atoms with van der Waals surface area (Å²) in [6.45, 7) is 0. The number of hydrogen-bond acceptors (Lipinski definition) is 4. The molecule has 6 heteroatoms. The van der Waals surface area contributed by atoms with Crippen molar-refractivity contribution in [3.05, 3.63) is 22.6 Å². The minimum absolute atomic E-state index is 0.0690. The summed E-state index contributed by atoms with van der Waals surface area (Å²) in [5.41, 5.74) is 0. The fourth-order valence-electron chi connectivity index (χ4n) is 1.26. The Morgan fingerprint density at radius 1 is 1.79 bits per heavy atom. The largest absolute Gasteiger partial charge is 0.480 e. The highest BCUT2D eigenvalue weighted by Crippen LogP contribution is 2.36. The maximum Gasteiger partial charge on any atom is 0.321 e. The first-order valence-electron chi connectivity index (χ1n) is 4.02. The topological polar surface area (TPSA) is 62.5 Å². The molecule has 0 aliphatic carbocycles. The summed E-state index contributed by atoms with van der Waals surface area (Å²) in [5, 5.41) is 11.7. The highest BCUT2D eigenvalue weighted by molar-refractivity contribution is 9.10. The van der Waals surface area contributed by atoms with Crippen LogP contribution in [0, 0.1) is 0 Å². The number of thioether (sulfide) groups is 1. The number of furan rings is 1. The van der Waals surface area contributed by atoms with Crippen molar-refractivity contribution in [1.29, 1.82) is 0 Å². The molecular weight excluding hydrogens is 270 g/mol. The van der Waals surface area contributed by atoms with Gasteiger partial charge >= 0.3 is 5.97 Å². The number of rotatable bonds is 2. The summed E-state index contributed by atoms with van der Waals surface area (Å²) in [7, 11) is 0. The van der Waals surface area contributed by atoms with Crippen molar-refractivity contribution in [2.75, 3.05) is 5.75 Å². The second kappa shape index (κ2) is 3.96. The van der Waals surface area contributed by atoms with E-state index in [1.54, 1.807) is 12.3 Å². The van der Waals surface area contributed by atoms with Crippen molar-refractivity contribution in [3.8, 4) is 0 Å². The molecule has 2 heterocycles. The zero-order valence-corrected chi connectivity index (χ0v) is 9.47. The highest BCUT2D eigenvalue weighted by Gasteiger charge is 2.32. The maximum absolute atomic E-state index is 10.7. The van der Waals surface area contributed by atoms with Crippen molar-refractivity contribution in [1.82, 2.24) is 5.32 Å². The molecular formula is C8H8BrNO3S. The first-order chi connectivity index (χ1) is 6.68. The lowest BCUT2D eigenvalue weighted by molar-refractivity contribution is -0.138. The molecule has 1 aromatic rings. The van der Waals surface area contributed by atoms with Gasteiger partial charge < -0.3 is 9.52 Å². The van der Waals surface area contributed by atoms with Crippen LogP contribution in [0.1, 0.15) is 11.1 Å². The predicted molar refractivity (Wildman–Crippen MR) is 56.2 cm³/mol. The summed E-state index contributed by atoms with van der Waals surface area (Å²) in [6.07, 6.45) is 1.58. The van der Waals surface area contributed by atoms with Crippen LogP contribution in [0.5, 0.6) is 0 Å². The van der Waals surface area contributed by atoms with Gasteiger partial charge in [-0.1, -0.05) is 0 Å². The normalized spacial score (nSPS) is 26.6. The van der Waals surface area contributed by atoms with Gasteiger partial charge in [0, 0.05) is 5.75 Å². The zero-order chi connectivity index (χ0) is 10.1. The first-order valence-corrected chi connectivity index (χ1v) is 5.86. The molecule has 0 amide bonds. The summed E-state index contributed by atoms with van der Waals surface area (Å²) in [5.74, 6) is 0.495. The van der Waals surface area contributed by atoms with Crippen LogP contribution < -0.4 is 5.32 Å². The van der Waals surface area contributed by atoms with Crippen molar-refractivity contribution < 1.29 is 14.3 Å². The zero-order valence-electron chi connectivity index (χ0n) is 7.07. The van der Waals surface area contributed by atoms with E-state index in [0.717, 1.165) is 10.2 Å². The summed E-state index contributed by atoms with van der Waals surface area (Å²) in [4.78, 5) is 10.7. The minimum atomic E-state index is -0.817. The Balaban J connectivity index is 2.10. The van der Waals surface area contributed by atoms with E-state index in [1.807, 2.05) is 0 Å². The van der Waals surface area contributed by atoms with E-state index in [9.17, 15) is 4.79 Å². The molecule has 14 heavy (non-hydrogen) atoms. The Kier molecular flexibility index (Phi) is 2.85. The van der Waals surface area contributed by atoms with Gasteiger partial charge in [0.25, 0.3) is 0 Å². The van der Waals surface area contributed by atoms with Crippen molar-refractivity contribution in [2.24, 2.45) is 0 Å². The molecule has 4 nitrogen and oxygen atoms in total. The minimum Gasteiger partial charge on any atom is -0.480 e. The fourth-order valence-corrected chi connectivity index (χ4v) is 3.06. The SMILES string of the molecule is O=C(O)[C@H]1CSC(c2occc2Br)N1. The number of carboxylic acid groups (broad SMARTS) is 1. The van der Waals surface area contributed by atoms with Gasteiger partial charge in [0.1, 0.15) is 17.2 Å². The van der Waals surface area contributed by atoms with Gasteiger partial charge in [0.2, 0.25) is 0 Å². The van der Waals surface area contributed by atoms with Crippen LogP contribution in [-0.2, 0) is 4.79 Å². The van der Waals surface area contributed by atoms with Crippen LogP contribution in [0.2, 0.25) is 0 Å². The number of nitrogens with one attached hydrogen (secondary N) is 1. The molecule has 0 radical (unpaired) electrons. The van der Waals surface area contributed by atoms with Gasteiger partial charge in [0.15, 0.2) is 0 Å². The Bertz CT molecular complexity index is 354. The number of hydrogen-bond donors (Lipinski definition) is 2. The molecule has 1 saturated heterocycles. The van der Waals surface area contributed by atoms with E-state index in [4.69, 9.17) is 9.52 Å². The standard InChI is InChI=1S/C8H8BrNO3S/c9-4-1-2-13-6(4)7-10-5(3-14-7)8(11)12/h1-2,5,7,10H,3H2,(H,11,12)/t5-,7?/m1/s1. The third-order valence-corrected chi connectivity index (χ3v) is 3.83. The van der Waals surface area contributed by atoms with E-state index < -0.39 is 12.0 Å². The summed E-state index contributed by atoms with van der Waals surface area (Å²) in [6, 6.07) is 1.31. The van der Waals surface area contributed by atoms with Gasteiger partial charge in [-0.25, -0.2) is 0 Å². The fraction of sp³-hybridized carbons (Fsp3) is 0.375. The van der Waals surface area contributed by atoms with E-state index >= 15 is 0 Å². The van der Waals surface area contributed by atoms with Crippen LogP contribution in [0.25, 0.3) is 0 Å². The van der Waals surface area contributed by atoms with Crippen LogP contribution in [0.4, 0.5) is 0 Å². The molecule has 0 spiro atoms. The lowest BCUT2D eigenvalue weighted by atomic mass is 10.3. The van der Waals surface area contributed by atoms with Gasteiger partial charge in [-0.05, 0) is 22.0 Å². The Hall–Kier alpha value is -0.460. The number of carbonyl (C=O) groups is 1. The van der Waals surface area contributed by atoms with Crippen molar-refractivity contribution >= 4 is 33.7 Å². The molecule has 1 aliphatic rings. The monoisotopic (exact) mass is 277 g/mol. The molecule has 0 saturated carbocycles. The van der Waals surface area contributed by atoms with Gasteiger partial charge in [-0.2, -0.15) is 0 Å². The lowest BCUT2D eigenvalue weighted by Crippen LogP contribution is -2.33. The second-order valence-corrected chi connectivity index (χ2v) is 4.90. The molecule has 1 aliphatic heterocycles. The van der Waals surface area contributed by atoms with Gasteiger partial charge in [0.05, 0.1) is 10.7 Å². The third kappa shape index (κ3) is 1.82. The Labute approximate surface area is 93.2 Å². The van der Waals surface area contributed by atoms with Gasteiger partial charge in [-0.15, -0.1) is 11.8 Å². The number of aliphatic carboxylic acids is 1. The Morgan fingerprint density at radius 3 is 3.07 bits per heavy atom. The van der Waals surface area contributed by atoms with Gasteiger partial charge in [-0.3, -0.25) is 10.1 Å². The average Bonchev–Trinajstić information content (AvgIpc) is 2.71. The summed E-state index contributed by atoms with van der Waals surface area (Å²) >= 11 is 4.87. The molecule has 2 rings (SSSR count). The van der Waals surface area contributed by atoms with E-state index in [-0.39, 0.29) is 5.37 Å². The average molecular weight is 278 g/mol. The quantitative estimate of drug-likeness (QED) is 0.864. The van der Waals surface area contributed by atoms with Crippen LogP contribution in [0.15, 0.2) is 21.2 Å². The predicted octanol–water partition coefficient (Wildman–Crippen LogP) is 1.83. The Morgan fingerprint density at radius 2 is 2.57 bits per heavy atom. The van der Waals surface area contributed by atoms with Crippen LogP contribution >= 0.6 is 27.7 Å². The molecule has 1 unspecified atom stereocenters. The summed E-state index contributed by atoms with van der Waals surface area (Å²) < 4.78 is 6.12. The molecule has 1 fully saturated rings. The molecule has 1 aromatic heterocycles. The highest BCUT2D eigenvalue weighted by atomic mass is 79.9. The molecule has 0 aromatic carbocycles. The van der Waals surface area contributed by atoms with E-state index in [2.05, 4.69) is 21.2 Å². The lowest BCUT2D eigenvalue weighted by Gasteiger charge is -2.08. The van der Waals surface area contributed by atoms with E-state index in [1.165, 1.54) is 11.8 Å².